The Kier molecular flexibility index (Phi) is 4.42. The highest BCUT2D eigenvalue weighted by atomic mass is 16.5. The van der Waals surface area contributed by atoms with Gasteiger partial charge in [-0.1, -0.05) is 36.4 Å². The van der Waals surface area contributed by atoms with Crippen LogP contribution in [0.4, 0.5) is 0 Å². The molecular formula is C17H16N4O3. The van der Waals surface area contributed by atoms with Gasteiger partial charge in [-0.15, -0.1) is 0 Å². The Hall–Kier alpha value is -3.35. The molecule has 1 aromatic heterocycles. The quantitative estimate of drug-likeness (QED) is 0.637. The van der Waals surface area contributed by atoms with E-state index >= 15 is 0 Å². The molecule has 2 amide bonds. The SMILES string of the molecule is Cc1ccccc1OCC(=O)NNC(=O)c1n[nH]c2ccccc12. The molecule has 0 radical (unpaired) electrons. The highest BCUT2D eigenvalue weighted by Gasteiger charge is 2.14. The lowest BCUT2D eigenvalue weighted by Crippen LogP contribution is -2.44. The van der Waals surface area contributed by atoms with Gasteiger partial charge in [-0.25, -0.2) is 0 Å². The van der Waals surface area contributed by atoms with Gasteiger partial charge in [0.15, 0.2) is 12.3 Å². The third kappa shape index (κ3) is 3.35. The number of aryl methyl sites for hydroxylation is 1. The van der Waals surface area contributed by atoms with Gasteiger partial charge >= 0.3 is 0 Å². The first-order valence-corrected chi connectivity index (χ1v) is 7.36. The number of para-hydroxylation sites is 2. The molecule has 3 aromatic rings. The molecule has 0 aliphatic carbocycles. The van der Waals surface area contributed by atoms with Crippen molar-refractivity contribution in [2.45, 2.75) is 6.92 Å². The summed E-state index contributed by atoms with van der Waals surface area (Å²) in [6.45, 7) is 1.68. The fraction of sp³-hybridized carbons (Fsp3) is 0.118. The van der Waals surface area contributed by atoms with Crippen LogP contribution in [-0.2, 0) is 4.79 Å². The van der Waals surface area contributed by atoms with Crippen molar-refractivity contribution in [2.75, 3.05) is 6.61 Å². The Morgan fingerprint density at radius 2 is 1.83 bits per heavy atom. The molecule has 1 heterocycles. The van der Waals surface area contributed by atoms with Crippen molar-refractivity contribution in [3.8, 4) is 5.75 Å². The van der Waals surface area contributed by atoms with Crippen LogP contribution in [0.1, 0.15) is 16.1 Å². The number of carbonyl (C=O) groups is 2. The van der Waals surface area contributed by atoms with Gasteiger partial charge in [0.05, 0.1) is 5.52 Å². The van der Waals surface area contributed by atoms with E-state index in [-0.39, 0.29) is 12.3 Å². The van der Waals surface area contributed by atoms with E-state index in [0.29, 0.717) is 11.1 Å². The molecule has 7 nitrogen and oxygen atoms in total. The Bertz CT molecular complexity index is 888. The topological polar surface area (TPSA) is 96.1 Å². The maximum absolute atomic E-state index is 12.1. The zero-order chi connectivity index (χ0) is 16.9. The predicted octanol–water partition coefficient (Wildman–Crippen LogP) is 1.71. The summed E-state index contributed by atoms with van der Waals surface area (Å²) >= 11 is 0. The lowest BCUT2D eigenvalue weighted by Gasteiger charge is -2.09. The lowest BCUT2D eigenvalue weighted by atomic mass is 10.2. The van der Waals surface area contributed by atoms with Crippen LogP contribution in [0, 0.1) is 6.92 Å². The summed E-state index contributed by atoms with van der Waals surface area (Å²) in [6.07, 6.45) is 0. The van der Waals surface area contributed by atoms with Crippen molar-refractivity contribution >= 4 is 22.7 Å². The molecule has 0 bridgehead atoms. The van der Waals surface area contributed by atoms with E-state index in [2.05, 4.69) is 21.0 Å². The normalized spacial score (nSPS) is 10.4. The van der Waals surface area contributed by atoms with Crippen LogP contribution < -0.4 is 15.6 Å². The van der Waals surface area contributed by atoms with Crippen molar-refractivity contribution in [1.29, 1.82) is 0 Å². The number of benzene rings is 2. The summed E-state index contributed by atoms with van der Waals surface area (Å²) < 4.78 is 5.41. The van der Waals surface area contributed by atoms with Gasteiger partial charge < -0.3 is 4.74 Å². The minimum atomic E-state index is -0.503. The molecule has 7 heteroatoms. The molecule has 3 rings (SSSR count). The number of rotatable bonds is 4. The van der Waals surface area contributed by atoms with Gasteiger partial charge in [-0.2, -0.15) is 5.10 Å². The molecule has 0 saturated carbocycles. The van der Waals surface area contributed by atoms with Crippen LogP contribution in [0.2, 0.25) is 0 Å². The Balaban J connectivity index is 1.54. The average Bonchev–Trinajstić information content (AvgIpc) is 3.03. The van der Waals surface area contributed by atoms with Crippen molar-refractivity contribution in [2.24, 2.45) is 0 Å². The maximum Gasteiger partial charge on any atom is 0.290 e. The Labute approximate surface area is 138 Å². The summed E-state index contributed by atoms with van der Waals surface area (Å²) in [6, 6.07) is 14.6. The third-order valence-corrected chi connectivity index (χ3v) is 3.45. The number of hydrogen-bond donors (Lipinski definition) is 3. The van der Waals surface area contributed by atoms with Crippen LogP contribution in [0.15, 0.2) is 48.5 Å². The number of amides is 2. The molecule has 3 N–H and O–H groups in total. The first-order chi connectivity index (χ1) is 11.6. The van der Waals surface area contributed by atoms with E-state index in [0.717, 1.165) is 11.1 Å². The summed E-state index contributed by atoms with van der Waals surface area (Å²) in [4.78, 5) is 23.9. The summed E-state index contributed by atoms with van der Waals surface area (Å²) in [5.41, 5.74) is 6.52. The van der Waals surface area contributed by atoms with E-state index < -0.39 is 11.8 Å². The monoisotopic (exact) mass is 324 g/mol. The first-order valence-electron chi connectivity index (χ1n) is 7.36. The van der Waals surface area contributed by atoms with E-state index in [1.807, 2.05) is 43.3 Å². The van der Waals surface area contributed by atoms with Gasteiger partial charge in [0.1, 0.15) is 5.75 Å². The molecule has 0 aliphatic heterocycles. The minimum Gasteiger partial charge on any atom is -0.483 e. The number of hydrogen-bond acceptors (Lipinski definition) is 4. The lowest BCUT2D eigenvalue weighted by molar-refractivity contribution is -0.123. The maximum atomic E-state index is 12.1. The van der Waals surface area contributed by atoms with Crippen molar-refractivity contribution in [3.63, 3.8) is 0 Å². The summed E-state index contributed by atoms with van der Waals surface area (Å²) in [7, 11) is 0. The van der Waals surface area contributed by atoms with Crippen molar-refractivity contribution in [1.82, 2.24) is 21.0 Å². The highest BCUT2D eigenvalue weighted by Crippen LogP contribution is 2.16. The van der Waals surface area contributed by atoms with Gasteiger partial charge in [0, 0.05) is 5.39 Å². The number of aromatic amines is 1. The third-order valence-electron chi connectivity index (χ3n) is 3.45. The summed E-state index contributed by atoms with van der Waals surface area (Å²) in [5.74, 6) is -0.347. The number of nitrogens with zero attached hydrogens (tertiary/aromatic N) is 1. The molecule has 0 spiro atoms. The number of hydrazine groups is 1. The second-order valence-electron chi connectivity index (χ2n) is 5.17. The molecule has 2 aromatic carbocycles. The molecule has 24 heavy (non-hydrogen) atoms. The van der Waals surface area contributed by atoms with Gasteiger partial charge in [-0.3, -0.25) is 25.5 Å². The fourth-order valence-corrected chi connectivity index (χ4v) is 2.22. The first kappa shape index (κ1) is 15.5. The number of H-pyrrole nitrogens is 1. The molecule has 0 saturated heterocycles. The predicted molar refractivity (Wildman–Crippen MR) is 88.4 cm³/mol. The number of carbonyl (C=O) groups excluding carboxylic acids is 2. The second-order valence-corrected chi connectivity index (χ2v) is 5.17. The van der Waals surface area contributed by atoms with E-state index in [9.17, 15) is 9.59 Å². The summed E-state index contributed by atoms with van der Waals surface area (Å²) in [5, 5.41) is 7.40. The smallest absolute Gasteiger partial charge is 0.290 e. The molecule has 0 atom stereocenters. The standard InChI is InChI=1S/C17H16N4O3/c1-11-6-2-5-9-14(11)24-10-15(22)19-21-17(23)16-12-7-3-4-8-13(12)18-20-16/h2-9H,10H2,1H3,(H,18,20)(H,19,22)(H,21,23). The van der Waals surface area contributed by atoms with E-state index in [4.69, 9.17) is 4.74 Å². The van der Waals surface area contributed by atoms with Crippen LogP contribution in [0.3, 0.4) is 0 Å². The van der Waals surface area contributed by atoms with Crippen molar-refractivity contribution < 1.29 is 14.3 Å². The number of nitrogens with one attached hydrogen (secondary N) is 3. The van der Waals surface area contributed by atoms with E-state index in [1.165, 1.54) is 0 Å². The second kappa shape index (κ2) is 6.82. The average molecular weight is 324 g/mol. The zero-order valence-corrected chi connectivity index (χ0v) is 13.0. The minimum absolute atomic E-state index is 0.202. The molecule has 122 valence electrons. The van der Waals surface area contributed by atoms with Gasteiger partial charge in [0.25, 0.3) is 11.8 Å². The Morgan fingerprint density at radius 3 is 2.67 bits per heavy atom. The largest absolute Gasteiger partial charge is 0.483 e. The number of aromatic nitrogens is 2. The molecular weight excluding hydrogens is 308 g/mol. The molecule has 0 aliphatic rings. The highest BCUT2D eigenvalue weighted by molar-refractivity contribution is 6.05. The van der Waals surface area contributed by atoms with Crippen LogP contribution in [0.5, 0.6) is 5.75 Å². The van der Waals surface area contributed by atoms with Crippen LogP contribution in [-0.4, -0.2) is 28.6 Å². The molecule has 0 unspecified atom stereocenters. The van der Waals surface area contributed by atoms with Crippen molar-refractivity contribution in [3.05, 3.63) is 59.8 Å². The van der Waals surface area contributed by atoms with Crippen LogP contribution in [0.25, 0.3) is 10.9 Å². The zero-order valence-electron chi connectivity index (χ0n) is 13.0. The number of ether oxygens (including phenoxy) is 1. The van der Waals surface area contributed by atoms with Crippen LogP contribution >= 0.6 is 0 Å². The number of fused-ring (bicyclic) bond motifs is 1. The van der Waals surface area contributed by atoms with E-state index in [1.54, 1.807) is 12.1 Å². The Morgan fingerprint density at radius 1 is 1.08 bits per heavy atom. The van der Waals surface area contributed by atoms with Gasteiger partial charge in [0.2, 0.25) is 0 Å². The fourth-order valence-electron chi connectivity index (χ4n) is 2.22. The van der Waals surface area contributed by atoms with Gasteiger partial charge in [-0.05, 0) is 24.6 Å². The molecule has 0 fully saturated rings.